The monoisotopic (exact) mass is 181 g/mol. The lowest BCUT2D eigenvalue weighted by atomic mass is 9.77. The lowest BCUT2D eigenvalue weighted by Crippen LogP contribution is -2.39. The molecule has 1 saturated heterocycles. The predicted molar refractivity (Wildman–Crippen MR) is 49.3 cm³/mol. The average Bonchev–Trinajstić information content (AvgIpc) is 2.48. The molecule has 0 aromatic heterocycles. The van der Waals surface area contributed by atoms with Gasteiger partial charge in [0.2, 0.25) is 5.91 Å². The van der Waals surface area contributed by atoms with Gasteiger partial charge in [0.05, 0.1) is 18.2 Å². The van der Waals surface area contributed by atoms with Crippen molar-refractivity contribution in [2.24, 2.45) is 0 Å². The Morgan fingerprint density at radius 2 is 2.38 bits per heavy atom. The summed E-state index contributed by atoms with van der Waals surface area (Å²) >= 11 is 0. The highest BCUT2D eigenvalue weighted by Crippen LogP contribution is 2.43. The average molecular weight is 181 g/mol. The molecule has 13 heavy (non-hydrogen) atoms. The summed E-state index contributed by atoms with van der Waals surface area (Å²) in [5.74, 6) is -0.0926. The van der Waals surface area contributed by atoms with E-state index in [1.165, 1.54) is 12.5 Å². The third-order valence-corrected chi connectivity index (χ3v) is 3.01. The zero-order valence-electron chi connectivity index (χ0n) is 7.71. The normalized spacial score (nSPS) is 29.7. The second-order valence-corrected chi connectivity index (χ2v) is 3.96. The van der Waals surface area contributed by atoms with Gasteiger partial charge < -0.3 is 10.1 Å². The summed E-state index contributed by atoms with van der Waals surface area (Å²) < 4.78 is 5.69. The van der Waals surface area contributed by atoms with Crippen LogP contribution >= 0.6 is 0 Å². The molecule has 0 aromatic rings. The highest BCUT2D eigenvalue weighted by molar-refractivity contribution is 5.87. The SMILES string of the molecule is C=CC(=O)NC1COC2(CCC2)C1. The van der Waals surface area contributed by atoms with Gasteiger partial charge in [-0.05, 0) is 31.8 Å². The van der Waals surface area contributed by atoms with Gasteiger partial charge in [0, 0.05) is 0 Å². The fourth-order valence-corrected chi connectivity index (χ4v) is 2.12. The number of hydrogen-bond acceptors (Lipinski definition) is 2. The van der Waals surface area contributed by atoms with Crippen molar-refractivity contribution < 1.29 is 9.53 Å². The minimum Gasteiger partial charge on any atom is -0.373 e. The second kappa shape index (κ2) is 3.14. The molecular weight excluding hydrogens is 166 g/mol. The quantitative estimate of drug-likeness (QED) is 0.645. The van der Waals surface area contributed by atoms with E-state index >= 15 is 0 Å². The number of amides is 1. The molecular formula is C10H15NO2. The summed E-state index contributed by atoms with van der Waals surface area (Å²) in [4.78, 5) is 11.0. The van der Waals surface area contributed by atoms with Crippen LogP contribution in [0.5, 0.6) is 0 Å². The van der Waals surface area contributed by atoms with Crippen LogP contribution < -0.4 is 5.32 Å². The predicted octanol–water partition coefficient (Wildman–Crippen LogP) is 1.00. The fraction of sp³-hybridized carbons (Fsp3) is 0.700. The molecule has 1 atom stereocenters. The van der Waals surface area contributed by atoms with Crippen LogP contribution in [-0.2, 0) is 9.53 Å². The molecule has 2 fully saturated rings. The summed E-state index contributed by atoms with van der Waals surface area (Å²) in [6, 6.07) is 0.200. The molecule has 1 heterocycles. The van der Waals surface area contributed by atoms with Crippen LogP contribution in [0.1, 0.15) is 25.7 Å². The molecule has 1 amide bonds. The standard InChI is InChI=1S/C10H15NO2/c1-2-9(12)11-8-6-10(13-7-8)4-3-5-10/h2,8H,1,3-7H2,(H,11,12). The largest absolute Gasteiger partial charge is 0.373 e. The molecule has 72 valence electrons. The van der Waals surface area contributed by atoms with E-state index in [0.717, 1.165) is 19.3 Å². The summed E-state index contributed by atoms with van der Waals surface area (Å²) in [7, 11) is 0. The van der Waals surface area contributed by atoms with Gasteiger partial charge in [-0.1, -0.05) is 6.58 Å². The maximum absolute atomic E-state index is 11.0. The summed E-state index contributed by atoms with van der Waals surface area (Å²) in [6.07, 6.45) is 5.88. The Morgan fingerprint density at radius 3 is 2.85 bits per heavy atom. The molecule has 0 bridgehead atoms. The maximum atomic E-state index is 11.0. The lowest BCUT2D eigenvalue weighted by molar-refractivity contribution is -0.117. The van der Waals surface area contributed by atoms with Crippen LogP contribution in [0, 0.1) is 0 Å². The van der Waals surface area contributed by atoms with E-state index < -0.39 is 0 Å². The van der Waals surface area contributed by atoms with Gasteiger partial charge in [0.1, 0.15) is 0 Å². The van der Waals surface area contributed by atoms with Gasteiger partial charge >= 0.3 is 0 Å². The van der Waals surface area contributed by atoms with Crippen molar-refractivity contribution in [3.8, 4) is 0 Å². The Balaban J connectivity index is 1.84. The van der Waals surface area contributed by atoms with Crippen LogP contribution in [0.4, 0.5) is 0 Å². The maximum Gasteiger partial charge on any atom is 0.243 e. The van der Waals surface area contributed by atoms with Crippen molar-refractivity contribution in [2.75, 3.05) is 6.61 Å². The Bertz CT molecular complexity index is 233. The van der Waals surface area contributed by atoms with Crippen molar-refractivity contribution in [3.05, 3.63) is 12.7 Å². The van der Waals surface area contributed by atoms with Crippen LogP contribution in [0.2, 0.25) is 0 Å². The van der Waals surface area contributed by atoms with Gasteiger partial charge in [0.15, 0.2) is 0 Å². The van der Waals surface area contributed by atoms with Gasteiger partial charge in [-0.25, -0.2) is 0 Å². The van der Waals surface area contributed by atoms with Crippen molar-refractivity contribution in [3.63, 3.8) is 0 Å². The molecule has 1 unspecified atom stereocenters. The van der Waals surface area contributed by atoms with Crippen molar-refractivity contribution >= 4 is 5.91 Å². The number of rotatable bonds is 2. The molecule has 0 aromatic carbocycles. The van der Waals surface area contributed by atoms with Gasteiger partial charge in [0.25, 0.3) is 0 Å². The Hall–Kier alpha value is -0.830. The third kappa shape index (κ3) is 1.61. The Kier molecular flexibility index (Phi) is 2.12. The van der Waals surface area contributed by atoms with E-state index in [1.807, 2.05) is 0 Å². The van der Waals surface area contributed by atoms with Crippen molar-refractivity contribution in [1.29, 1.82) is 0 Å². The first-order valence-electron chi connectivity index (χ1n) is 4.81. The number of nitrogens with one attached hydrogen (secondary N) is 1. The fourth-order valence-electron chi connectivity index (χ4n) is 2.12. The molecule has 2 rings (SSSR count). The summed E-state index contributed by atoms with van der Waals surface area (Å²) in [6.45, 7) is 4.09. The number of carbonyl (C=O) groups excluding carboxylic acids is 1. The minimum absolute atomic E-state index is 0.0926. The topological polar surface area (TPSA) is 38.3 Å². The van der Waals surface area contributed by atoms with Crippen LogP contribution in [0.25, 0.3) is 0 Å². The first-order valence-corrected chi connectivity index (χ1v) is 4.81. The van der Waals surface area contributed by atoms with Gasteiger partial charge in [-0.2, -0.15) is 0 Å². The summed E-state index contributed by atoms with van der Waals surface area (Å²) in [5.41, 5.74) is 0.124. The number of ether oxygens (including phenoxy) is 1. The first-order chi connectivity index (χ1) is 6.24. The third-order valence-electron chi connectivity index (χ3n) is 3.01. The highest BCUT2D eigenvalue weighted by Gasteiger charge is 2.45. The van der Waals surface area contributed by atoms with Crippen LogP contribution in [0.3, 0.4) is 0 Å². The van der Waals surface area contributed by atoms with E-state index in [9.17, 15) is 4.79 Å². The molecule has 1 N–H and O–H groups in total. The smallest absolute Gasteiger partial charge is 0.243 e. The van der Waals surface area contributed by atoms with Crippen LogP contribution in [-0.4, -0.2) is 24.2 Å². The van der Waals surface area contributed by atoms with Crippen molar-refractivity contribution in [1.82, 2.24) is 5.32 Å². The summed E-state index contributed by atoms with van der Waals surface area (Å²) in [5, 5.41) is 2.87. The van der Waals surface area contributed by atoms with E-state index in [1.54, 1.807) is 0 Å². The lowest BCUT2D eigenvalue weighted by Gasteiger charge is -2.37. The van der Waals surface area contributed by atoms with Crippen molar-refractivity contribution in [2.45, 2.75) is 37.3 Å². The Morgan fingerprint density at radius 1 is 1.62 bits per heavy atom. The Labute approximate surface area is 78.1 Å². The van der Waals surface area contributed by atoms with E-state index in [-0.39, 0.29) is 17.6 Å². The highest BCUT2D eigenvalue weighted by atomic mass is 16.5. The molecule has 1 aliphatic carbocycles. The molecule has 2 aliphatic rings. The molecule has 1 spiro atoms. The molecule has 3 nitrogen and oxygen atoms in total. The zero-order chi connectivity index (χ0) is 9.31. The molecule has 3 heteroatoms. The van der Waals surface area contributed by atoms with E-state index in [0.29, 0.717) is 6.61 Å². The van der Waals surface area contributed by atoms with Gasteiger partial charge in [-0.3, -0.25) is 4.79 Å². The molecule has 1 aliphatic heterocycles. The van der Waals surface area contributed by atoms with Gasteiger partial charge in [-0.15, -0.1) is 0 Å². The second-order valence-electron chi connectivity index (χ2n) is 3.96. The first kappa shape index (κ1) is 8.75. The number of carbonyl (C=O) groups is 1. The number of hydrogen-bond donors (Lipinski definition) is 1. The minimum atomic E-state index is -0.0926. The van der Waals surface area contributed by atoms with E-state index in [4.69, 9.17) is 4.74 Å². The molecule has 1 saturated carbocycles. The van der Waals surface area contributed by atoms with Crippen LogP contribution in [0.15, 0.2) is 12.7 Å². The zero-order valence-corrected chi connectivity index (χ0v) is 7.71. The van der Waals surface area contributed by atoms with E-state index in [2.05, 4.69) is 11.9 Å². The molecule has 0 radical (unpaired) electrons.